The van der Waals surface area contributed by atoms with Crippen LogP contribution in [-0.2, 0) is 16.4 Å². The molecule has 2 N–H and O–H groups in total. The Balaban J connectivity index is 1.63. The van der Waals surface area contributed by atoms with E-state index in [0.717, 1.165) is 5.56 Å². The maximum atomic E-state index is 13.2. The van der Waals surface area contributed by atoms with Crippen LogP contribution in [0.25, 0.3) is 0 Å². The summed E-state index contributed by atoms with van der Waals surface area (Å²) >= 11 is 5.90. The first-order chi connectivity index (χ1) is 13.9. The Morgan fingerprint density at radius 1 is 1.03 bits per heavy atom. The Morgan fingerprint density at radius 2 is 1.83 bits per heavy atom. The molecule has 0 radical (unpaired) electrons. The van der Waals surface area contributed by atoms with E-state index in [9.17, 15) is 18.3 Å². The summed E-state index contributed by atoms with van der Waals surface area (Å²) in [6, 6.07) is 17.4. The van der Waals surface area contributed by atoms with Gasteiger partial charge in [0.15, 0.2) is 0 Å². The van der Waals surface area contributed by atoms with Gasteiger partial charge in [-0.1, -0.05) is 35.9 Å². The lowest BCUT2D eigenvalue weighted by atomic mass is 10.2. The van der Waals surface area contributed by atoms with E-state index in [1.165, 1.54) is 46.8 Å². The minimum Gasteiger partial charge on any atom is -0.506 e. The zero-order valence-electron chi connectivity index (χ0n) is 15.2. The van der Waals surface area contributed by atoms with Crippen molar-refractivity contribution < 1.29 is 18.3 Å². The molecule has 0 fully saturated rings. The third-order valence-corrected chi connectivity index (χ3v) is 6.78. The number of phenolic OH excluding ortho intramolecular Hbond substituents is 1. The molecule has 1 heterocycles. The van der Waals surface area contributed by atoms with Gasteiger partial charge in [0.1, 0.15) is 5.75 Å². The number of sulfonamides is 1. The normalized spacial score (nSPS) is 13.2. The fourth-order valence-electron chi connectivity index (χ4n) is 3.29. The summed E-state index contributed by atoms with van der Waals surface area (Å²) in [5.74, 6) is -0.693. The van der Waals surface area contributed by atoms with Gasteiger partial charge in [-0.05, 0) is 54.4 Å². The zero-order chi connectivity index (χ0) is 20.6. The van der Waals surface area contributed by atoms with Crippen LogP contribution >= 0.6 is 11.6 Å². The van der Waals surface area contributed by atoms with Crippen LogP contribution in [0.15, 0.2) is 71.6 Å². The van der Waals surface area contributed by atoms with E-state index in [1.54, 1.807) is 12.1 Å². The minimum absolute atomic E-state index is 0.0252. The number of benzene rings is 3. The second-order valence-electron chi connectivity index (χ2n) is 6.60. The molecule has 1 amide bonds. The molecule has 0 saturated carbocycles. The number of rotatable bonds is 4. The molecule has 1 aliphatic heterocycles. The Bertz CT molecular complexity index is 1210. The standard InChI is InChI=1S/C21H17ClN2O4S/c22-16-8-9-20(25)18(13-16)23-21(26)15-5-3-6-17(12-15)29(27,28)24-11-10-14-4-1-2-7-19(14)24/h1-9,12-13,25H,10-11H2,(H,23,26). The highest BCUT2D eigenvalue weighted by atomic mass is 35.5. The van der Waals surface area contributed by atoms with Crippen LogP contribution in [0, 0.1) is 0 Å². The van der Waals surface area contributed by atoms with Gasteiger partial charge in [0.05, 0.1) is 16.3 Å². The van der Waals surface area contributed by atoms with E-state index < -0.39 is 15.9 Å². The number of aromatic hydroxyl groups is 1. The number of para-hydroxylation sites is 1. The molecule has 8 heteroatoms. The van der Waals surface area contributed by atoms with Crippen molar-refractivity contribution in [3.63, 3.8) is 0 Å². The predicted molar refractivity (Wildman–Crippen MR) is 112 cm³/mol. The average Bonchev–Trinajstić information content (AvgIpc) is 3.16. The lowest BCUT2D eigenvalue weighted by Crippen LogP contribution is -2.29. The molecule has 4 rings (SSSR count). The maximum absolute atomic E-state index is 13.2. The molecule has 29 heavy (non-hydrogen) atoms. The molecule has 0 unspecified atom stereocenters. The van der Waals surface area contributed by atoms with Crippen LogP contribution in [0.4, 0.5) is 11.4 Å². The first-order valence-electron chi connectivity index (χ1n) is 8.87. The van der Waals surface area contributed by atoms with E-state index in [-0.39, 0.29) is 21.9 Å². The smallest absolute Gasteiger partial charge is 0.264 e. The van der Waals surface area contributed by atoms with Crippen LogP contribution in [0.2, 0.25) is 5.02 Å². The SMILES string of the molecule is O=C(Nc1cc(Cl)ccc1O)c1cccc(S(=O)(=O)N2CCc3ccccc32)c1. The zero-order valence-corrected chi connectivity index (χ0v) is 16.7. The second kappa shape index (κ2) is 7.42. The quantitative estimate of drug-likeness (QED) is 0.614. The number of nitrogens with one attached hydrogen (secondary N) is 1. The number of carbonyl (C=O) groups is 1. The number of hydrogen-bond donors (Lipinski definition) is 2. The van der Waals surface area contributed by atoms with Gasteiger partial charge in [0.2, 0.25) is 0 Å². The number of amides is 1. The van der Waals surface area contributed by atoms with Crippen LogP contribution in [0.3, 0.4) is 0 Å². The van der Waals surface area contributed by atoms with E-state index in [2.05, 4.69) is 5.32 Å². The molecule has 6 nitrogen and oxygen atoms in total. The molecule has 0 atom stereocenters. The lowest BCUT2D eigenvalue weighted by molar-refractivity contribution is 0.102. The van der Waals surface area contributed by atoms with Gasteiger partial charge < -0.3 is 10.4 Å². The number of hydrogen-bond acceptors (Lipinski definition) is 4. The van der Waals surface area contributed by atoms with E-state index >= 15 is 0 Å². The molecule has 3 aromatic rings. The number of fused-ring (bicyclic) bond motifs is 1. The molecule has 0 aliphatic carbocycles. The summed E-state index contributed by atoms with van der Waals surface area (Å²) in [5, 5.41) is 12.8. The first-order valence-corrected chi connectivity index (χ1v) is 10.7. The summed E-state index contributed by atoms with van der Waals surface area (Å²) in [7, 11) is -3.81. The summed E-state index contributed by atoms with van der Waals surface area (Å²) in [6.45, 7) is 0.356. The van der Waals surface area contributed by atoms with E-state index in [4.69, 9.17) is 11.6 Å². The van der Waals surface area contributed by atoms with Crippen LogP contribution < -0.4 is 9.62 Å². The molecule has 0 aromatic heterocycles. The first kappa shape index (κ1) is 19.3. The fourth-order valence-corrected chi connectivity index (χ4v) is 5.01. The predicted octanol–water partition coefficient (Wildman–Crippen LogP) is 4.05. The number of carbonyl (C=O) groups excluding carboxylic acids is 1. The highest BCUT2D eigenvalue weighted by molar-refractivity contribution is 7.92. The summed E-state index contributed by atoms with van der Waals surface area (Å²) < 4.78 is 27.7. The van der Waals surface area contributed by atoms with Crippen molar-refractivity contribution in [1.82, 2.24) is 0 Å². The molecule has 0 bridgehead atoms. The van der Waals surface area contributed by atoms with Crippen LogP contribution in [0.1, 0.15) is 15.9 Å². The third kappa shape index (κ3) is 3.66. The van der Waals surface area contributed by atoms with E-state index in [1.807, 2.05) is 12.1 Å². The lowest BCUT2D eigenvalue weighted by Gasteiger charge is -2.20. The maximum Gasteiger partial charge on any atom is 0.264 e. The molecule has 148 valence electrons. The van der Waals surface area contributed by atoms with Gasteiger partial charge in [-0.2, -0.15) is 0 Å². The Kier molecular flexibility index (Phi) is 4.94. The number of phenols is 1. The summed E-state index contributed by atoms with van der Waals surface area (Å²) in [6.07, 6.45) is 0.642. The van der Waals surface area contributed by atoms with Crippen LogP contribution in [0.5, 0.6) is 5.75 Å². The van der Waals surface area contributed by atoms with Crippen molar-refractivity contribution in [2.24, 2.45) is 0 Å². The van der Waals surface area contributed by atoms with Crippen molar-refractivity contribution in [1.29, 1.82) is 0 Å². The Labute approximate surface area is 173 Å². The van der Waals surface area contributed by atoms with Crippen molar-refractivity contribution in [3.05, 3.63) is 82.9 Å². The highest BCUT2D eigenvalue weighted by Gasteiger charge is 2.31. The summed E-state index contributed by atoms with van der Waals surface area (Å²) in [4.78, 5) is 12.6. The van der Waals surface area contributed by atoms with Crippen LogP contribution in [-0.4, -0.2) is 26.0 Å². The van der Waals surface area contributed by atoms with Gasteiger partial charge in [-0.25, -0.2) is 8.42 Å². The largest absolute Gasteiger partial charge is 0.506 e. The monoisotopic (exact) mass is 428 g/mol. The molecule has 0 spiro atoms. The van der Waals surface area contributed by atoms with Gasteiger partial charge in [-0.3, -0.25) is 9.10 Å². The Morgan fingerprint density at radius 3 is 2.66 bits per heavy atom. The molecule has 0 saturated heterocycles. The number of anilines is 2. The molecule has 1 aliphatic rings. The van der Waals surface area contributed by atoms with Gasteiger partial charge in [0, 0.05) is 17.1 Å². The summed E-state index contributed by atoms with van der Waals surface area (Å²) in [5.41, 5.74) is 1.93. The minimum atomic E-state index is -3.81. The topological polar surface area (TPSA) is 86.7 Å². The third-order valence-electron chi connectivity index (χ3n) is 4.74. The van der Waals surface area contributed by atoms with Crippen molar-refractivity contribution >= 4 is 38.9 Å². The van der Waals surface area contributed by atoms with Crippen molar-refractivity contribution in [2.75, 3.05) is 16.2 Å². The fraction of sp³-hybridized carbons (Fsp3) is 0.0952. The second-order valence-corrected chi connectivity index (χ2v) is 8.90. The van der Waals surface area contributed by atoms with Gasteiger partial charge in [0.25, 0.3) is 15.9 Å². The number of nitrogens with zero attached hydrogens (tertiary/aromatic N) is 1. The molecular formula is C21H17ClN2O4S. The van der Waals surface area contributed by atoms with Gasteiger partial charge >= 0.3 is 0 Å². The highest BCUT2D eigenvalue weighted by Crippen LogP contribution is 2.33. The Hall–Kier alpha value is -3.03. The molecule has 3 aromatic carbocycles. The number of halogens is 1. The average molecular weight is 429 g/mol. The van der Waals surface area contributed by atoms with Crippen molar-refractivity contribution in [3.8, 4) is 5.75 Å². The van der Waals surface area contributed by atoms with Crippen molar-refractivity contribution in [2.45, 2.75) is 11.3 Å². The van der Waals surface area contributed by atoms with E-state index in [0.29, 0.717) is 23.7 Å². The molecular weight excluding hydrogens is 412 g/mol. The van der Waals surface area contributed by atoms with Gasteiger partial charge in [-0.15, -0.1) is 0 Å².